The van der Waals surface area contributed by atoms with Crippen molar-refractivity contribution in [3.8, 4) is 0 Å². The number of aryl methyl sites for hydroxylation is 1. The molecule has 2 nitrogen and oxygen atoms in total. The lowest BCUT2D eigenvalue weighted by atomic mass is 9.91. The van der Waals surface area contributed by atoms with Crippen molar-refractivity contribution in [1.29, 1.82) is 0 Å². The maximum Gasteiger partial charge on any atom is 0.123 e. The highest BCUT2D eigenvalue weighted by Crippen LogP contribution is 2.31. The molecule has 0 spiro atoms. The van der Waals surface area contributed by atoms with Gasteiger partial charge in [-0.25, -0.2) is 4.39 Å². The summed E-state index contributed by atoms with van der Waals surface area (Å²) < 4.78 is 13.6. The van der Waals surface area contributed by atoms with Gasteiger partial charge in [0.25, 0.3) is 0 Å². The third-order valence-corrected chi connectivity index (χ3v) is 4.63. The zero-order valence-electron chi connectivity index (χ0n) is 12.7. The Labute approximate surface area is 122 Å². The molecule has 112 valence electrons. The minimum absolute atomic E-state index is 0.138. The van der Waals surface area contributed by atoms with Crippen LogP contribution in [-0.2, 0) is 0 Å². The van der Waals surface area contributed by atoms with Gasteiger partial charge in [0.15, 0.2) is 0 Å². The van der Waals surface area contributed by atoms with Crippen molar-refractivity contribution >= 4 is 0 Å². The topological polar surface area (TPSA) is 29.3 Å². The van der Waals surface area contributed by atoms with E-state index in [1.54, 1.807) is 6.07 Å². The fourth-order valence-electron chi connectivity index (χ4n) is 3.56. The number of likely N-dealkylation sites (N-methyl/N-ethyl adjacent to an activating group) is 1. The third kappa shape index (κ3) is 3.39. The van der Waals surface area contributed by atoms with E-state index in [4.69, 9.17) is 5.73 Å². The molecule has 0 amide bonds. The molecule has 1 aromatic carbocycles. The van der Waals surface area contributed by atoms with Gasteiger partial charge in [-0.05, 0) is 49.6 Å². The summed E-state index contributed by atoms with van der Waals surface area (Å²) in [5, 5.41) is 0. The van der Waals surface area contributed by atoms with Crippen LogP contribution in [-0.4, -0.2) is 24.0 Å². The molecule has 1 aromatic rings. The molecule has 1 unspecified atom stereocenters. The Hall–Kier alpha value is -0.930. The van der Waals surface area contributed by atoms with Crippen molar-refractivity contribution in [3.63, 3.8) is 0 Å². The molecule has 0 radical (unpaired) electrons. The Morgan fingerprint density at radius 3 is 2.60 bits per heavy atom. The van der Waals surface area contributed by atoms with Gasteiger partial charge in [-0.1, -0.05) is 32.3 Å². The van der Waals surface area contributed by atoms with Crippen molar-refractivity contribution in [2.24, 2.45) is 5.73 Å². The van der Waals surface area contributed by atoms with Gasteiger partial charge in [-0.15, -0.1) is 0 Å². The highest BCUT2D eigenvalue weighted by molar-refractivity contribution is 5.30. The molecule has 0 heterocycles. The van der Waals surface area contributed by atoms with Crippen LogP contribution < -0.4 is 5.73 Å². The fraction of sp³-hybridized carbons (Fsp3) is 0.647. The van der Waals surface area contributed by atoms with Gasteiger partial charge in [-0.2, -0.15) is 0 Å². The second kappa shape index (κ2) is 7.19. The molecule has 0 aromatic heterocycles. The van der Waals surface area contributed by atoms with Gasteiger partial charge in [0, 0.05) is 18.6 Å². The van der Waals surface area contributed by atoms with E-state index >= 15 is 0 Å². The number of benzene rings is 1. The first-order chi connectivity index (χ1) is 9.67. The van der Waals surface area contributed by atoms with Crippen LogP contribution in [0.15, 0.2) is 18.2 Å². The minimum atomic E-state index is -0.163. The lowest BCUT2D eigenvalue weighted by Gasteiger charge is -2.39. The average Bonchev–Trinajstić information content (AvgIpc) is 2.48. The number of halogens is 1. The quantitative estimate of drug-likeness (QED) is 0.888. The summed E-state index contributed by atoms with van der Waals surface area (Å²) in [5.41, 5.74) is 8.23. The number of nitrogens with zero attached hydrogens (tertiary/aromatic N) is 1. The van der Waals surface area contributed by atoms with E-state index in [0.717, 1.165) is 17.7 Å². The Morgan fingerprint density at radius 2 is 2.00 bits per heavy atom. The van der Waals surface area contributed by atoms with E-state index in [1.165, 1.54) is 38.2 Å². The fourth-order valence-corrected chi connectivity index (χ4v) is 3.56. The molecular formula is C17H27FN2. The summed E-state index contributed by atoms with van der Waals surface area (Å²) in [5.74, 6) is -0.163. The summed E-state index contributed by atoms with van der Waals surface area (Å²) in [4.78, 5) is 2.49. The normalized spacial score (nSPS) is 18.4. The van der Waals surface area contributed by atoms with E-state index in [2.05, 4.69) is 11.8 Å². The predicted octanol–water partition coefficient (Wildman–Crippen LogP) is 3.79. The summed E-state index contributed by atoms with van der Waals surface area (Å²) in [6.45, 7) is 5.76. The van der Waals surface area contributed by atoms with Crippen molar-refractivity contribution in [2.75, 3.05) is 13.1 Å². The zero-order chi connectivity index (χ0) is 14.5. The first-order valence-electron chi connectivity index (χ1n) is 7.89. The largest absolute Gasteiger partial charge is 0.329 e. The highest BCUT2D eigenvalue weighted by Gasteiger charge is 2.27. The lowest BCUT2D eigenvalue weighted by Crippen LogP contribution is -2.42. The highest BCUT2D eigenvalue weighted by atomic mass is 19.1. The molecule has 2 N–H and O–H groups in total. The van der Waals surface area contributed by atoms with E-state index in [0.29, 0.717) is 12.6 Å². The summed E-state index contributed by atoms with van der Waals surface area (Å²) >= 11 is 0. The molecule has 2 rings (SSSR count). The molecule has 0 saturated heterocycles. The molecule has 1 atom stereocenters. The van der Waals surface area contributed by atoms with Gasteiger partial charge in [0.2, 0.25) is 0 Å². The second-order valence-corrected chi connectivity index (χ2v) is 5.87. The molecule has 0 bridgehead atoms. The molecule has 1 aliphatic rings. The summed E-state index contributed by atoms with van der Waals surface area (Å²) in [6, 6.07) is 5.80. The second-order valence-electron chi connectivity index (χ2n) is 5.87. The predicted molar refractivity (Wildman–Crippen MR) is 82.2 cm³/mol. The molecule has 1 fully saturated rings. The van der Waals surface area contributed by atoms with Crippen LogP contribution in [0.3, 0.4) is 0 Å². The molecule has 20 heavy (non-hydrogen) atoms. The Balaban J connectivity index is 2.26. The SMILES string of the molecule is CCN(C1CCCCC1)C(CN)c1cc(F)ccc1C. The van der Waals surface area contributed by atoms with E-state index < -0.39 is 0 Å². The summed E-state index contributed by atoms with van der Waals surface area (Å²) in [6.07, 6.45) is 6.46. The van der Waals surface area contributed by atoms with Gasteiger partial charge in [-0.3, -0.25) is 4.90 Å². The van der Waals surface area contributed by atoms with Crippen LogP contribution >= 0.6 is 0 Å². The van der Waals surface area contributed by atoms with Crippen molar-refractivity contribution in [3.05, 3.63) is 35.1 Å². The maximum atomic E-state index is 13.6. The monoisotopic (exact) mass is 278 g/mol. The van der Waals surface area contributed by atoms with Gasteiger partial charge in [0.05, 0.1) is 0 Å². The van der Waals surface area contributed by atoms with Crippen LogP contribution in [0.25, 0.3) is 0 Å². The lowest BCUT2D eigenvalue weighted by molar-refractivity contribution is 0.113. The number of hydrogen-bond acceptors (Lipinski definition) is 2. The smallest absolute Gasteiger partial charge is 0.123 e. The van der Waals surface area contributed by atoms with Gasteiger partial charge < -0.3 is 5.73 Å². The standard InChI is InChI=1S/C17H27FN2/c1-3-20(15-7-5-4-6-8-15)17(12-19)16-11-14(18)10-9-13(16)2/h9-11,15,17H,3-8,12,19H2,1-2H3. The molecule has 3 heteroatoms. The van der Waals surface area contributed by atoms with E-state index in [-0.39, 0.29) is 11.9 Å². The Bertz CT molecular complexity index is 427. The van der Waals surface area contributed by atoms with E-state index in [9.17, 15) is 4.39 Å². The molecule has 1 aliphatic carbocycles. The van der Waals surface area contributed by atoms with Crippen LogP contribution in [0.2, 0.25) is 0 Å². The number of rotatable bonds is 5. The van der Waals surface area contributed by atoms with Gasteiger partial charge in [0.1, 0.15) is 5.82 Å². The Kier molecular flexibility index (Phi) is 5.55. The summed E-state index contributed by atoms with van der Waals surface area (Å²) in [7, 11) is 0. The number of hydrogen-bond donors (Lipinski definition) is 1. The Morgan fingerprint density at radius 1 is 1.30 bits per heavy atom. The number of nitrogens with two attached hydrogens (primary N) is 1. The van der Waals surface area contributed by atoms with Crippen molar-refractivity contribution in [2.45, 2.75) is 58.0 Å². The first kappa shape index (κ1) is 15.5. The zero-order valence-corrected chi connectivity index (χ0v) is 12.7. The van der Waals surface area contributed by atoms with Crippen molar-refractivity contribution < 1.29 is 4.39 Å². The first-order valence-corrected chi connectivity index (χ1v) is 7.89. The van der Waals surface area contributed by atoms with Crippen LogP contribution in [0.1, 0.15) is 56.2 Å². The van der Waals surface area contributed by atoms with E-state index in [1.807, 2.05) is 13.0 Å². The molecular weight excluding hydrogens is 251 g/mol. The van der Waals surface area contributed by atoms with Crippen LogP contribution in [0, 0.1) is 12.7 Å². The molecule has 0 aliphatic heterocycles. The third-order valence-electron chi connectivity index (χ3n) is 4.63. The minimum Gasteiger partial charge on any atom is -0.329 e. The van der Waals surface area contributed by atoms with Gasteiger partial charge >= 0.3 is 0 Å². The van der Waals surface area contributed by atoms with Crippen LogP contribution in [0.5, 0.6) is 0 Å². The average molecular weight is 278 g/mol. The maximum absolute atomic E-state index is 13.6. The van der Waals surface area contributed by atoms with Crippen LogP contribution in [0.4, 0.5) is 4.39 Å². The van der Waals surface area contributed by atoms with Crippen molar-refractivity contribution in [1.82, 2.24) is 4.90 Å². The molecule has 1 saturated carbocycles.